The van der Waals surface area contributed by atoms with Crippen LogP contribution in [0.15, 0.2) is 42.5 Å². The molecule has 2 aromatic rings. The summed E-state index contributed by atoms with van der Waals surface area (Å²) in [5, 5.41) is 40.5. The van der Waals surface area contributed by atoms with E-state index in [4.69, 9.17) is 9.47 Å². The van der Waals surface area contributed by atoms with E-state index in [-0.39, 0.29) is 0 Å². The fourth-order valence-corrected chi connectivity index (χ4v) is 4.01. The number of aliphatic hydroxyl groups is 3. The van der Waals surface area contributed by atoms with Gasteiger partial charge in [0.05, 0.1) is 23.8 Å². The summed E-state index contributed by atoms with van der Waals surface area (Å²) in [6, 6.07) is 15.3. The van der Waals surface area contributed by atoms with Crippen LogP contribution >= 0.6 is 0 Å². The zero-order chi connectivity index (χ0) is 20.6. The predicted octanol–water partition coefficient (Wildman–Crippen LogP) is 2.23. The first kappa shape index (κ1) is 19.9. The van der Waals surface area contributed by atoms with Crippen molar-refractivity contribution in [2.24, 2.45) is 0 Å². The van der Waals surface area contributed by atoms with Gasteiger partial charge in [0, 0.05) is 0 Å². The number of ether oxygens (including phenoxy) is 2. The van der Waals surface area contributed by atoms with Crippen molar-refractivity contribution in [2.45, 2.75) is 56.2 Å². The molecule has 4 atom stereocenters. The van der Waals surface area contributed by atoms with Crippen molar-refractivity contribution in [1.29, 1.82) is 5.26 Å². The number of rotatable bonds is 5. The lowest BCUT2D eigenvalue weighted by atomic mass is 9.88. The number of nitriles is 1. The van der Waals surface area contributed by atoms with Crippen molar-refractivity contribution in [2.75, 3.05) is 6.61 Å². The molecule has 0 amide bonds. The average Bonchev–Trinajstić information content (AvgIpc) is 3.51. The summed E-state index contributed by atoms with van der Waals surface area (Å²) in [4.78, 5) is 0. The monoisotopic (exact) mass is 395 g/mol. The molecule has 152 valence electrons. The molecule has 2 aliphatic rings. The largest absolute Gasteiger partial charge is 0.494 e. The quantitative estimate of drug-likeness (QED) is 0.717. The molecule has 1 saturated heterocycles. The molecule has 3 N–H and O–H groups in total. The summed E-state index contributed by atoms with van der Waals surface area (Å²) in [5.74, 6) is 0.798. The average molecular weight is 395 g/mol. The topological polar surface area (TPSA) is 103 Å². The molecule has 4 rings (SSSR count). The fraction of sp³-hybridized carbons (Fsp3) is 0.435. The third kappa shape index (κ3) is 3.75. The molecule has 1 heterocycles. The van der Waals surface area contributed by atoms with Gasteiger partial charge in [-0.15, -0.1) is 0 Å². The highest BCUT2D eigenvalue weighted by Gasteiger charge is 2.60. The third-order valence-electron chi connectivity index (χ3n) is 5.83. The predicted molar refractivity (Wildman–Crippen MR) is 105 cm³/mol. The van der Waals surface area contributed by atoms with E-state index in [1.165, 1.54) is 0 Å². The standard InChI is InChI=1S/C23H25NO5/c1-2-28-18-7-3-14(4-8-18)11-17-12-15(5-6-16(17)13-24)21-19(25)20(26)22(27)23(29-21)9-10-23/h3-8,12,19-22,25-27H,2,9-11H2,1H3/t19-,20+,21-,22-/m0/s1. The normalized spacial score (nSPS) is 27.4. The summed E-state index contributed by atoms with van der Waals surface area (Å²) in [6.45, 7) is 2.54. The van der Waals surface area contributed by atoms with Crippen LogP contribution in [0.25, 0.3) is 0 Å². The van der Waals surface area contributed by atoms with Crippen LogP contribution in [0.4, 0.5) is 0 Å². The van der Waals surface area contributed by atoms with Crippen molar-refractivity contribution in [3.63, 3.8) is 0 Å². The molecule has 0 radical (unpaired) electrons. The van der Waals surface area contributed by atoms with Crippen LogP contribution in [0.2, 0.25) is 0 Å². The minimum Gasteiger partial charge on any atom is -0.494 e. The highest BCUT2D eigenvalue weighted by Crippen LogP contribution is 2.51. The van der Waals surface area contributed by atoms with Gasteiger partial charge in [-0.1, -0.05) is 24.3 Å². The van der Waals surface area contributed by atoms with Crippen LogP contribution in [0.3, 0.4) is 0 Å². The van der Waals surface area contributed by atoms with Gasteiger partial charge in [-0.2, -0.15) is 5.26 Å². The number of benzene rings is 2. The van der Waals surface area contributed by atoms with Crippen molar-refractivity contribution < 1.29 is 24.8 Å². The number of hydrogen-bond donors (Lipinski definition) is 3. The van der Waals surface area contributed by atoms with Crippen LogP contribution < -0.4 is 4.74 Å². The molecule has 1 spiro atoms. The van der Waals surface area contributed by atoms with Crippen LogP contribution in [-0.4, -0.2) is 45.8 Å². The molecule has 2 aromatic carbocycles. The number of hydrogen-bond acceptors (Lipinski definition) is 6. The molecule has 6 nitrogen and oxygen atoms in total. The first-order valence-electron chi connectivity index (χ1n) is 9.94. The molecule has 0 bridgehead atoms. The highest BCUT2D eigenvalue weighted by atomic mass is 16.6. The van der Waals surface area contributed by atoms with Gasteiger partial charge in [-0.3, -0.25) is 0 Å². The van der Waals surface area contributed by atoms with E-state index in [9.17, 15) is 20.6 Å². The molecule has 1 aliphatic heterocycles. The van der Waals surface area contributed by atoms with Crippen molar-refractivity contribution in [3.8, 4) is 11.8 Å². The fourth-order valence-electron chi connectivity index (χ4n) is 4.01. The van der Waals surface area contributed by atoms with Gasteiger partial charge in [0.1, 0.15) is 30.2 Å². The first-order valence-corrected chi connectivity index (χ1v) is 9.94. The molecule has 0 aromatic heterocycles. The van der Waals surface area contributed by atoms with E-state index in [1.54, 1.807) is 12.1 Å². The minimum atomic E-state index is -1.26. The SMILES string of the molecule is CCOc1ccc(Cc2cc([C@@H]3OC4(CC4)[C@@H](O)[C@H](O)[C@@H]3O)ccc2C#N)cc1. The van der Waals surface area contributed by atoms with E-state index in [0.29, 0.717) is 37.0 Å². The third-order valence-corrected chi connectivity index (χ3v) is 5.83. The smallest absolute Gasteiger partial charge is 0.119 e. The van der Waals surface area contributed by atoms with Gasteiger partial charge in [-0.25, -0.2) is 0 Å². The zero-order valence-corrected chi connectivity index (χ0v) is 16.3. The van der Waals surface area contributed by atoms with Crippen molar-refractivity contribution in [1.82, 2.24) is 0 Å². The Morgan fingerprint density at radius 2 is 1.83 bits per heavy atom. The van der Waals surface area contributed by atoms with Gasteiger partial charge in [-0.05, 0) is 61.1 Å². The molecule has 29 heavy (non-hydrogen) atoms. The van der Waals surface area contributed by atoms with Crippen molar-refractivity contribution >= 4 is 0 Å². The van der Waals surface area contributed by atoms with Crippen LogP contribution in [0.1, 0.15) is 48.1 Å². The van der Waals surface area contributed by atoms with Gasteiger partial charge >= 0.3 is 0 Å². The maximum absolute atomic E-state index is 10.5. The summed E-state index contributed by atoms with van der Waals surface area (Å²) >= 11 is 0. The van der Waals surface area contributed by atoms with E-state index < -0.39 is 30.0 Å². The second-order valence-electron chi connectivity index (χ2n) is 7.81. The lowest BCUT2D eigenvalue weighted by Gasteiger charge is -2.41. The lowest BCUT2D eigenvalue weighted by molar-refractivity contribution is -0.236. The Morgan fingerprint density at radius 1 is 1.10 bits per heavy atom. The lowest BCUT2D eigenvalue weighted by Crippen LogP contribution is -2.55. The van der Waals surface area contributed by atoms with Crippen LogP contribution in [0, 0.1) is 11.3 Å². The summed E-state index contributed by atoms with van der Waals surface area (Å²) in [5.41, 5.74) is 2.31. The molecule has 1 saturated carbocycles. The maximum atomic E-state index is 10.5. The molecule has 2 fully saturated rings. The van der Waals surface area contributed by atoms with E-state index in [0.717, 1.165) is 16.9 Å². The Kier molecular flexibility index (Phi) is 5.32. The Bertz CT molecular complexity index is 916. The van der Waals surface area contributed by atoms with E-state index >= 15 is 0 Å². The molecule has 6 heteroatoms. The summed E-state index contributed by atoms with van der Waals surface area (Å²) < 4.78 is 11.5. The van der Waals surface area contributed by atoms with Gasteiger partial charge in [0.25, 0.3) is 0 Å². The maximum Gasteiger partial charge on any atom is 0.119 e. The Balaban J connectivity index is 1.61. The highest BCUT2D eigenvalue weighted by molar-refractivity contribution is 5.44. The van der Waals surface area contributed by atoms with Gasteiger partial charge in [0.15, 0.2) is 0 Å². The molecule has 0 unspecified atom stereocenters. The summed E-state index contributed by atoms with van der Waals surface area (Å²) in [7, 11) is 0. The minimum absolute atomic E-state index is 0.544. The Hall–Kier alpha value is -2.43. The zero-order valence-electron chi connectivity index (χ0n) is 16.3. The first-order chi connectivity index (χ1) is 14.0. The van der Waals surface area contributed by atoms with Crippen molar-refractivity contribution in [3.05, 3.63) is 64.7 Å². The Labute approximate surface area is 169 Å². The van der Waals surface area contributed by atoms with Crippen LogP contribution in [0.5, 0.6) is 5.75 Å². The second kappa shape index (κ2) is 7.77. The number of aliphatic hydroxyl groups excluding tert-OH is 3. The Morgan fingerprint density at radius 3 is 2.45 bits per heavy atom. The van der Waals surface area contributed by atoms with Gasteiger partial charge in [0.2, 0.25) is 0 Å². The van der Waals surface area contributed by atoms with Gasteiger partial charge < -0.3 is 24.8 Å². The second-order valence-corrected chi connectivity index (χ2v) is 7.81. The number of nitrogens with zero attached hydrogens (tertiary/aromatic N) is 1. The van der Waals surface area contributed by atoms with E-state index in [2.05, 4.69) is 6.07 Å². The molecular formula is C23H25NO5. The molecular weight excluding hydrogens is 370 g/mol. The summed E-state index contributed by atoms with van der Waals surface area (Å²) in [6.07, 6.45) is -2.47. The van der Waals surface area contributed by atoms with Crippen LogP contribution in [-0.2, 0) is 11.2 Å². The molecule has 1 aliphatic carbocycles. The van der Waals surface area contributed by atoms with E-state index in [1.807, 2.05) is 37.3 Å².